The van der Waals surface area contributed by atoms with Crippen LogP contribution in [0, 0.1) is 11.3 Å². The van der Waals surface area contributed by atoms with Crippen LogP contribution in [0.25, 0.3) is 0 Å². The number of benzene rings is 3. The number of quaternary nitrogens is 1. The molecule has 9 nitrogen and oxygen atoms in total. The Bertz CT molecular complexity index is 1680. The Kier molecular flexibility index (Phi) is 10.2. The summed E-state index contributed by atoms with van der Waals surface area (Å²) in [5.74, 6) is 0.620. The van der Waals surface area contributed by atoms with E-state index < -0.39 is 23.4 Å². The van der Waals surface area contributed by atoms with Crippen LogP contribution in [0.4, 0.5) is 0 Å². The van der Waals surface area contributed by atoms with E-state index in [0.717, 1.165) is 21.7 Å². The lowest BCUT2D eigenvalue weighted by molar-refractivity contribution is -0.772. The van der Waals surface area contributed by atoms with Gasteiger partial charge in [0.15, 0.2) is 5.04 Å². The minimum absolute atomic E-state index is 0.176. The van der Waals surface area contributed by atoms with Crippen molar-refractivity contribution in [3.05, 3.63) is 120 Å². The predicted octanol–water partition coefficient (Wildman–Crippen LogP) is 4.97. The van der Waals surface area contributed by atoms with E-state index in [1.54, 1.807) is 6.20 Å². The van der Waals surface area contributed by atoms with Crippen LogP contribution >= 0.6 is 23.5 Å². The van der Waals surface area contributed by atoms with Crippen LogP contribution in [0.15, 0.2) is 118 Å². The Morgan fingerprint density at radius 1 is 0.870 bits per heavy atom. The van der Waals surface area contributed by atoms with E-state index in [1.807, 2.05) is 110 Å². The largest absolute Gasteiger partial charge is 0.374 e. The molecule has 3 aromatic rings. The monoisotopic (exact) mass is 654 g/mol. The zero-order valence-electron chi connectivity index (χ0n) is 26.0. The second-order valence-corrected chi connectivity index (χ2v) is 12.7. The summed E-state index contributed by atoms with van der Waals surface area (Å²) in [5, 5.41) is 18.0. The summed E-state index contributed by atoms with van der Waals surface area (Å²) in [6, 6.07) is 32.3. The molecule has 0 aromatic heterocycles. The molecule has 3 aromatic carbocycles. The van der Waals surface area contributed by atoms with Crippen molar-refractivity contribution in [3.63, 3.8) is 0 Å². The number of rotatable bonds is 11. The molecule has 46 heavy (non-hydrogen) atoms. The van der Waals surface area contributed by atoms with Gasteiger partial charge in [0.2, 0.25) is 10.9 Å². The van der Waals surface area contributed by atoms with Crippen molar-refractivity contribution in [1.82, 2.24) is 0 Å². The smallest absolute Gasteiger partial charge is 0.291 e. The van der Waals surface area contributed by atoms with E-state index in [4.69, 9.17) is 29.0 Å². The molecule has 0 spiro atoms. The van der Waals surface area contributed by atoms with Gasteiger partial charge in [-0.1, -0.05) is 103 Å². The molecule has 0 aliphatic carbocycles. The van der Waals surface area contributed by atoms with Gasteiger partial charge >= 0.3 is 0 Å². The number of hydrogen-bond donors (Lipinski definition) is 1. The first-order chi connectivity index (χ1) is 22.5. The molecule has 2 unspecified atom stereocenters. The quantitative estimate of drug-likeness (QED) is 0.312. The molecule has 0 amide bonds. The highest BCUT2D eigenvalue weighted by atomic mass is 32.2. The van der Waals surface area contributed by atoms with E-state index >= 15 is 0 Å². The fourth-order valence-electron chi connectivity index (χ4n) is 5.90. The van der Waals surface area contributed by atoms with E-state index in [9.17, 15) is 5.26 Å². The molecule has 3 aliphatic heterocycles. The van der Waals surface area contributed by atoms with Crippen LogP contribution in [0.3, 0.4) is 0 Å². The maximum atomic E-state index is 11.2. The molecule has 6 rings (SSSR count). The average molecular weight is 655 g/mol. The van der Waals surface area contributed by atoms with Gasteiger partial charge in [-0.3, -0.25) is 0 Å². The second-order valence-electron chi connectivity index (χ2n) is 11.1. The highest BCUT2D eigenvalue weighted by molar-refractivity contribution is 8.16. The molecule has 1 saturated heterocycles. The van der Waals surface area contributed by atoms with Crippen LogP contribution < -0.4 is 5.01 Å². The minimum Gasteiger partial charge on any atom is -0.374 e. The van der Waals surface area contributed by atoms with Gasteiger partial charge in [-0.15, -0.1) is 16.8 Å². The summed E-state index contributed by atoms with van der Waals surface area (Å²) >= 11 is 2.92. The van der Waals surface area contributed by atoms with Gasteiger partial charge in [-0.25, -0.2) is 4.99 Å². The SMILES string of the molecule is CSC1=N[NH+]2C(C3(C#N)O[C@H](COCc4ccccc4)[C@@H](OCc4ccccc4)[C@@]3(C)OCc3ccccc3)=CN=C2C(SC)=N1. The van der Waals surface area contributed by atoms with Gasteiger partial charge < -0.3 is 18.9 Å². The number of nitrogens with zero attached hydrogens (tertiary/aromatic N) is 4. The molecular weight excluding hydrogens is 619 g/mol. The van der Waals surface area contributed by atoms with Crippen molar-refractivity contribution in [2.75, 3.05) is 19.1 Å². The van der Waals surface area contributed by atoms with Crippen molar-refractivity contribution < 1.29 is 24.0 Å². The van der Waals surface area contributed by atoms with E-state index in [-0.39, 0.29) is 13.2 Å². The Morgan fingerprint density at radius 2 is 1.48 bits per heavy atom. The molecule has 1 fully saturated rings. The lowest BCUT2D eigenvalue weighted by atomic mass is 9.79. The molecule has 236 valence electrons. The standard InChI is InChI=1S/C35H35N5O4S2/c1-34(43-22-27-17-11-6-12-18-27)30(42-21-26-15-9-5-10-16-26)28(23-41-20-25-13-7-4-8-14-25)44-35(34,24-36)29-19-37-31-32(45-2)38-33(46-3)39-40(29)31/h4-19,28,30H,20-23H2,1-3H3/p+1/t28-,30-,34-,35?/m1/s1. The first-order valence-corrected chi connectivity index (χ1v) is 17.4. The lowest BCUT2D eigenvalue weighted by Crippen LogP contribution is -3.11. The number of nitriles is 1. The molecule has 0 radical (unpaired) electrons. The second kappa shape index (κ2) is 14.4. The number of thioether (sulfide) groups is 2. The van der Waals surface area contributed by atoms with Gasteiger partial charge in [0.1, 0.15) is 23.9 Å². The third-order valence-corrected chi connectivity index (χ3v) is 9.50. The fourth-order valence-corrected chi connectivity index (χ4v) is 6.84. The summed E-state index contributed by atoms with van der Waals surface area (Å²) in [5.41, 5.74) is 0.566. The molecule has 3 aliphatic rings. The van der Waals surface area contributed by atoms with Gasteiger partial charge in [-0.2, -0.15) is 10.3 Å². The number of hydrogen-bond acceptors (Lipinski definition) is 10. The third kappa shape index (κ3) is 6.35. The van der Waals surface area contributed by atoms with Crippen LogP contribution in [0.1, 0.15) is 23.6 Å². The number of aliphatic imine (C=N–C) groups is 2. The van der Waals surface area contributed by atoms with Crippen LogP contribution in [-0.2, 0) is 38.8 Å². The van der Waals surface area contributed by atoms with Crippen LogP contribution in [-0.4, -0.2) is 58.6 Å². The zero-order valence-corrected chi connectivity index (χ0v) is 27.6. The molecule has 3 heterocycles. The van der Waals surface area contributed by atoms with Gasteiger partial charge in [0.05, 0.1) is 32.6 Å². The van der Waals surface area contributed by atoms with Crippen molar-refractivity contribution in [2.24, 2.45) is 15.1 Å². The van der Waals surface area contributed by atoms with Crippen molar-refractivity contribution in [2.45, 2.75) is 50.2 Å². The molecular formula is C35H36N5O4S2+. The Balaban J connectivity index is 1.39. The number of fused-ring (bicyclic) bond motifs is 1. The maximum Gasteiger partial charge on any atom is 0.291 e. The van der Waals surface area contributed by atoms with Crippen LogP contribution in [0.2, 0.25) is 0 Å². The van der Waals surface area contributed by atoms with Gasteiger partial charge in [-0.05, 0) is 41.2 Å². The minimum atomic E-state index is -1.64. The highest BCUT2D eigenvalue weighted by Crippen LogP contribution is 2.48. The van der Waals surface area contributed by atoms with Crippen molar-refractivity contribution in [1.29, 1.82) is 5.26 Å². The third-order valence-electron chi connectivity index (χ3n) is 8.28. The summed E-state index contributed by atoms with van der Waals surface area (Å²) in [7, 11) is 0. The predicted molar refractivity (Wildman–Crippen MR) is 182 cm³/mol. The van der Waals surface area contributed by atoms with Gasteiger partial charge in [0.25, 0.3) is 11.4 Å². The van der Waals surface area contributed by atoms with Gasteiger partial charge in [0, 0.05) is 0 Å². The summed E-state index contributed by atoms with van der Waals surface area (Å²) in [6.07, 6.45) is 4.21. The molecule has 11 heteroatoms. The molecule has 0 saturated carbocycles. The number of ether oxygens (including phenoxy) is 4. The summed E-state index contributed by atoms with van der Waals surface area (Å²) in [6.45, 7) is 2.99. The first-order valence-electron chi connectivity index (χ1n) is 15.0. The normalized spacial score (nSPS) is 26.9. The van der Waals surface area contributed by atoms with Crippen LogP contribution in [0.5, 0.6) is 0 Å². The van der Waals surface area contributed by atoms with Crippen molar-refractivity contribution >= 4 is 39.6 Å². The zero-order chi connectivity index (χ0) is 32.0. The summed E-state index contributed by atoms with van der Waals surface area (Å²) in [4.78, 5) is 9.37. The topological polar surface area (TPSA) is 102 Å². The number of amidine groups is 2. The fraction of sp³-hybridized carbons (Fsp3) is 0.314. The van der Waals surface area contributed by atoms with E-state index in [2.05, 4.69) is 11.1 Å². The maximum absolute atomic E-state index is 11.2. The summed E-state index contributed by atoms with van der Waals surface area (Å²) < 4.78 is 26.7. The Labute approximate surface area is 278 Å². The molecule has 1 N–H and O–H groups in total. The van der Waals surface area contributed by atoms with Crippen molar-refractivity contribution in [3.8, 4) is 6.07 Å². The first kappa shape index (κ1) is 32.3. The van der Waals surface area contributed by atoms with E-state index in [0.29, 0.717) is 34.9 Å². The number of nitrogens with one attached hydrogen (secondary N) is 1. The van der Waals surface area contributed by atoms with E-state index in [1.165, 1.54) is 23.5 Å². The Hall–Kier alpha value is -3.60. The average Bonchev–Trinajstić information content (AvgIpc) is 3.64. The molecule has 0 bridgehead atoms. The molecule has 5 atom stereocenters. The highest BCUT2D eigenvalue weighted by Gasteiger charge is 2.72. The lowest BCUT2D eigenvalue weighted by Gasteiger charge is -2.39. The Morgan fingerprint density at radius 3 is 2.07 bits per heavy atom.